The minimum atomic E-state index is -4.44. The van der Waals surface area contributed by atoms with Gasteiger partial charge in [0.2, 0.25) is 0 Å². The molecule has 0 aliphatic rings. The summed E-state index contributed by atoms with van der Waals surface area (Å²) in [7, 11) is 1.70. The monoisotopic (exact) mass is 330 g/mol. The lowest BCUT2D eigenvalue weighted by Gasteiger charge is -2.16. The molecule has 0 amide bonds. The van der Waals surface area contributed by atoms with E-state index in [0.717, 1.165) is 16.7 Å². The fourth-order valence-corrected chi connectivity index (χ4v) is 2.84. The molecule has 1 heterocycles. The van der Waals surface area contributed by atoms with Crippen molar-refractivity contribution in [3.8, 4) is 0 Å². The molecule has 0 radical (unpaired) electrons. The molecule has 0 spiro atoms. The zero-order chi connectivity index (χ0) is 16.3. The lowest BCUT2D eigenvalue weighted by atomic mass is 10.1. The van der Waals surface area contributed by atoms with Gasteiger partial charge in [-0.1, -0.05) is 18.2 Å². The maximum Gasteiger partial charge on any atom is 0.434 e. The molecule has 0 unspecified atom stereocenters. The molecule has 1 aromatic heterocycles. The van der Waals surface area contributed by atoms with Crippen molar-refractivity contribution in [1.29, 1.82) is 0 Å². The minimum Gasteiger partial charge on any atom is -0.478 e. The van der Waals surface area contributed by atoms with Gasteiger partial charge >= 0.3 is 12.1 Å². The third kappa shape index (κ3) is 4.05. The summed E-state index contributed by atoms with van der Waals surface area (Å²) in [5, 5.41) is 10.4. The number of rotatable bonds is 5. The molecular weight excluding hydrogens is 317 g/mol. The van der Waals surface area contributed by atoms with Gasteiger partial charge in [-0.05, 0) is 18.7 Å². The van der Waals surface area contributed by atoms with Gasteiger partial charge in [0.05, 0.1) is 12.1 Å². The highest BCUT2D eigenvalue weighted by atomic mass is 32.1. The third-order valence-corrected chi connectivity index (χ3v) is 3.77. The highest BCUT2D eigenvalue weighted by Gasteiger charge is 2.33. The quantitative estimate of drug-likeness (QED) is 0.912. The van der Waals surface area contributed by atoms with Crippen molar-refractivity contribution in [1.82, 2.24) is 9.88 Å². The number of nitrogens with zero attached hydrogens (tertiary/aromatic N) is 2. The molecule has 0 fully saturated rings. The number of halogens is 3. The molecule has 0 saturated heterocycles. The van der Waals surface area contributed by atoms with E-state index in [0.29, 0.717) is 17.1 Å². The molecular formula is C14H13F3N2O2S. The Morgan fingerprint density at radius 3 is 2.59 bits per heavy atom. The molecule has 118 valence electrons. The summed E-state index contributed by atoms with van der Waals surface area (Å²) in [6.07, 6.45) is -4.44. The molecule has 0 atom stereocenters. The van der Waals surface area contributed by atoms with E-state index in [2.05, 4.69) is 4.98 Å². The molecule has 2 rings (SSSR count). The van der Waals surface area contributed by atoms with E-state index in [1.807, 2.05) is 0 Å². The standard InChI is InChI=1S/C14H13F3N2O2S/c1-19(6-9-4-2-3-5-10(9)13(20)21)7-12-18-11(8-22-12)14(15,16)17/h2-5,8H,6-7H2,1H3,(H,20,21). The van der Waals surface area contributed by atoms with Crippen LogP contribution in [0.3, 0.4) is 0 Å². The summed E-state index contributed by atoms with van der Waals surface area (Å²) >= 11 is 0.937. The lowest BCUT2D eigenvalue weighted by molar-refractivity contribution is -0.140. The highest BCUT2D eigenvalue weighted by molar-refractivity contribution is 7.09. The lowest BCUT2D eigenvalue weighted by Crippen LogP contribution is -2.19. The molecule has 0 bridgehead atoms. The first-order valence-corrected chi connectivity index (χ1v) is 7.16. The first-order valence-electron chi connectivity index (χ1n) is 6.28. The second-order valence-electron chi connectivity index (χ2n) is 4.76. The molecule has 8 heteroatoms. The molecule has 0 aliphatic heterocycles. The van der Waals surface area contributed by atoms with Gasteiger partial charge in [-0.3, -0.25) is 4.90 Å². The predicted molar refractivity (Wildman–Crippen MR) is 75.7 cm³/mol. The molecule has 1 N–H and O–H groups in total. The summed E-state index contributed by atoms with van der Waals surface area (Å²) in [5.41, 5.74) is -0.110. The van der Waals surface area contributed by atoms with Crippen LogP contribution >= 0.6 is 11.3 Å². The molecule has 0 saturated carbocycles. The molecule has 4 nitrogen and oxygen atoms in total. The Labute approximate surface area is 128 Å². The van der Waals surface area contributed by atoms with Crippen molar-refractivity contribution in [3.63, 3.8) is 0 Å². The Bertz CT molecular complexity index is 670. The van der Waals surface area contributed by atoms with Crippen LogP contribution in [0.1, 0.15) is 26.6 Å². The van der Waals surface area contributed by atoms with Crippen LogP contribution in [0.25, 0.3) is 0 Å². The van der Waals surface area contributed by atoms with Gasteiger partial charge in [-0.2, -0.15) is 13.2 Å². The van der Waals surface area contributed by atoms with E-state index >= 15 is 0 Å². The Kier molecular flexibility index (Phi) is 4.82. The summed E-state index contributed by atoms with van der Waals surface area (Å²) in [6, 6.07) is 6.53. The van der Waals surface area contributed by atoms with Crippen molar-refractivity contribution in [2.24, 2.45) is 0 Å². The molecule has 0 aliphatic carbocycles. The maximum atomic E-state index is 12.5. The van der Waals surface area contributed by atoms with Crippen LogP contribution < -0.4 is 0 Å². The van der Waals surface area contributed by atoms with Gasteiger partial charge < -0.3 is 5.11 Å². The summed E-state index contributed by atoms with van der Waals surface area (Å²) in [5.74, 6) is -1.03. The second-order valence-corrected chi connectivity index (χ2v) is 5.70. The normalized spacial score (nSPS) is 11.9. The van der Waals surface area contributed by atoms with Gasteiger partial charge in [-0.25, -0.2) is 9.78 Å². The summed E-state index contributed by atoms with van der Waals surface area (Å²) in [4.78, 5) is 16.4. The number of hydrogen-bond acceptors (Lipinski definition) is 4. The van der Waals surface area contributed by atoms with E-state index < -0.39 is 17.8 Å². The van der Waals surface area contributed by atoms with Gasteiger partial charge in [0.1, 0.15) is 5.01 Å². The number of carbonyl (C=O) groups is 1. The topological polar surface area (TPSA) is 53.4 Å². The smallest absolute Gasteiger partial charge is 0.434 e. The number of carboxylic acids is 1. The fourth-order valence-electron chi connectivity index (χ4n) is 1.96. The first kappa shape index (κ1) is 16.4. The van der Waals surface area contributed by atoms with E-state index in [1.165, 1.54) is 6.07 Å². The number of alkyl halides is 3. The van der Waals surface area contributed by atoms with Crippen molar-refractivity contribution in [3.05, 3.63) is 51.5 Å². The molecule has 22 heavy (non-hydrogen) atoms. The number of benzene rings is 1. The molecule has 1 aromatic carbocycles. The zero-order valence-corrected chi connectivity index (χ0v) is 12.4. The third-order valence-electron chi connectivity index (χ3n) is 2.94. The number of hydrogen-bond donors (Lipinski definition) is 1. The van der Waals surface area contributed by atoms with E-state index in [-0.39, 0.29) is 12.1 Å². The Morgan fingerprint density at radius 1 is 1.32 bits per heavy atom. The van der Waals surface area contributed by atoms with Crippen molar-refractivity contribution >= 4 is 17.3 Å². The SMILES string of the molecule is CN(Cc1nc(C(F)(F)F)cs1)Cc1ccccc1C(=O)O. The van der Waals surface area contributed by atoms with Crippen molar-refractivity contribution < 1.29 is 23.1 Å². The van der Waals surface area contributed by atoms with E-state index in [1.54, 1.807) is 30.1 Å². The Hall–Kier alpha value is -1.93. The van der Waals surface area contributed by atoms with E-state index in [4.69, 9.17) is 5.11 Å². The first-order chi connectivity index (χ1) is 10.3. The number of carboxylic acid groups (broad SMARTS) is 1. The minimum absolute atomic E-state index is 0.185. The number of aromatic nitrogens is 1. The second kappa shape index (κ2) is 6.45. The van der Waals surface area contributed by atoms with Crippen molar-refractivity contribution in [2.75, 3.05) is 7.05 Å². The van der Waals surface area contributed by atoms with Crippen LogP contribution in [-0.4, -0.2) is 28.0 Å². The van der Waals surface area contributed by atoms with Crippen LogP contribution in [0.15, 0.2) is 29.6 Å². The van der Waals surface area contributed by atoms with Crippen LogP contribution in [0.2, 0.25) is 0 Å². The molecule has 2 aromatic rings. The van der Waals surface area contributed by atoms with Crippen molar-refractivity contribution in [2.45, 2.75) is 19.3 Å². The number of aromatic carboxylic acids is 1. The maximum absolute atomic E-state index is 12.5. The highest BCUT2D eigenvalue weighted by Crippen LogP contribution is 2.30. The van der Waals surface area contributed by atoms with Crippen LogP contribution in [-0.2, 0) is 19.3 Å². The van der Waals surface area contributed by atoms with E-state index in [9.17, 15) is 18.0 Å². The number of thiazole rings is 1. The Balaban J connectivity index is 2.06. The Morgan fingerprint density at radius 2 is 2.00 bits per heavy atom. The predicted octanol–water partition coefficient (Wildman–Crippen LogP) is 3.49. The average molecular weight is 330 g/mol. The average Bonchev–Trinajstić information content (AvgIpc) is 2.87. The van der Waals surface area contributed by atoms with Gasteiger partial charge in [-0.15, -0.1) is 11.3 Å². The van der Waals surface area contributed by atoms with Crippen LogP contribution in [0.5, 0.6) is 0 Å². The summed E-state index contributed by atoms with van der Waals surface area (Å²) < 4.78 is 37.5. The zero-order valence-electron chi connectivity index (χ0n) is 11.6. The largest absolute Gasteiger partial charge is 0.478 e. The van der Waals surface area contributed by atoms with Gasteiger partial charge in [0.25, 0.3) is 0 Å². The van der Waals surface area contributed by atoms with Crippen LogP contribution in [0, 0.1) is 0 Å². The van der Waals surface area contributed by atoms with Gasteiger partial charge in [0, 0.05) is 11.9 Å². The summed E-state index contributed by atoms with van der Waals surface area (Å²) in [6.45, 7) is 0.526. The van der Waals surface area contributed by atoms with Gasteiger partial charge in [0.15, 0.2) is 5.69 Å². The fraction of sp³-hybridized carbons (Fsp3) is 0.286. The van der Waals surface area contributed by atoms with Crippen LogP contribution in [0.4, 0.5) is 13.2 Å².